The van der Waals surface area contributed by atoms with E-state index in [1.165, 1.54) is 0 Å². The van der Waals surface area contributed by atoms with Gasteiger partial charge in [0.2, 0.25) is 11.8 Å². The van der Waals surface area contributed by atoms with E-state index in [1.807, 2.05) is 43.3 Å². The van der Waals surface area contributed by atoms with Crippen molar-refractivity contribution in [3.05, 3.63) is 42.0 Å². The van der Waals surface area contributed by atoms with Crippen LogP contribution in [0.5, 0.6) is 0 Å². The normalized spacial score (nSPS) is 16.8. The van der Waals surface area contributed by atoms with E-state index in [-0.39, 0.29) is 30.3 Å². The Morgan fingerprint density at radius 1 is 1.28 bits per heavy atom. The van der Waals surface area contributed by atoms with Gasteiger partial charge in [0.25, 0.3) is 0 Å². The number of rotatable bonds is 7. The zero-order valence-corrected chi connectivity index (χ0v) is 14.9. The molecule has 1 aromatic carbocycles. The van der Waals surface area contributed by atoms with Gasteiger partial charge in [-0.3, -0.25) is 9.59 Å². The van der Waals surface area contributed by atoms with Crippen molar-refractivity contribution in [1.29, 1.82) is 0 Å². The summed E-state index contributed by atoms with van der Waals surface area (Å²) in [5.74, 6) is 0.318. The van der Waals surface area contributed by atoms with E-state index in [0.717, 1.165) is 5.56 Å². The highest BCUT2D eigenvalue weighted by atomic mass is 16.3. The maximum absolute atomic E-state index is 12.2. The fourth-order valence-electron chi connectivity index (χ4n) is 2.94. The van der Waals surface area contributed by atoms with Gasteiger partial charge in [0.1, 0.15) is 0 Å². The van der Waals surface area contributed by atoms with Gasteiger partial charge < -0.3 is 15.3 Å². The van der Waals surface area contributed by atoms with Crippen LogP contribution < -0.4 is 5.32 Å². The molecule has 2 rings (SSSR count). The van der Waals surface area contributed by atoms with Crippen LogP contribution >= 0.6 is 0 Å². The number of aliphatic hydroxyl groups excluding tert-OH is 1. The molecule has 1 unspecified atom stereocenters. The van der Waals surface area contributed by atoms with Crippen LogP contribution in [0.4, 0.5) is 0 Å². The predicted molar refractivity (Wildman–Crippen MR) is 98.7 cm³/mol. The van der Waals surface area contributed by atoms with E-state index >= 15 is 0 Å². The quantitative estimate of drug-likeness (QED) is 0.744. The molecule has 1 fully saturated rings. The minimum Gasteiger partial charge on any atom is -0.396 e. The Morgan fingerprint density at radius 2 is 1.96 bits per heavy atom. The van der Waals surface area contributed by atoms with Crippen molar-refractivity contribution in [2.24, 2.45) is 11.8 Å². The number of likely N-dealkylation sites (tertiary alicyclic amines) is 1. The molecule has 5 heteroatoms. The molecule has 0 aromatic heterocycles. The first-order valence-corrected chi connectivity index (χ1v) is 9.00. The molecule has 5 nitrogen and oxygen atoms in total. The summed E-state index contributed by atoms with van der Waals surface area (Å²) in [6, 6.07) is 9.74. The van der Waals surface area contributed by atoms with Gasteiger partial charge in [-0.1, -0.05) is 37.3 Å². The summed E-state index contributed by atoms with van der Waals surface area (Å²) in [5, 5.41) is 11.9. The minimum absolute atomic E-state index is 0.000667. The third-order valence-electron chi connectivity index (χ3n) is 4.64. The van der Waals surface area contributed by atoms with Gasteiger partial charge in [0.05, 0.1) is 0 Å². The lowest BCUT2D eigenvalue weighted by Crippen LogP contribution is -2.43. The lowest BCUT2D eigenvalue weighted by atomic mass is 9.95. The lowest BCUT2D eigenvalue weighted by Gasteiger charge is -2.30. The summed E-state index contributed by atoms with van der Waals surface area (Å²) in [6.07, 6.45) is 5.52. The maximum Gasteiger partial charge on any atom is 0.246 e. The number of hydrogen-bond acceptors (Lipinski definition) is 3. The minimum atomic E-state index is -0.0246. The van der Waals surface area contributed by atoms with Crippen molar-refractivity contribution in [3.8, 4) is 0 Å². The predicted octanol–water partition coefficient (Wildman–Crippen LogP) is 2.07. The standard InChI is InChI=1S/C20H28N2O3/c1-16(11-14-23)15-21-20(25)18-9-12-22(13-10-18)19(24)8-7-17-5-3-2-4-6-17/h2-8,16,18,23H,9-15H2,1H3,(H,21,25)/b8-7+. The number of nitrogens with one attached hydrogen (secondary N) is 1. The molecule has 0 spiro atoms. The third kappa shape index (κ3) is 6.35. The number of carbonyl (C=O) groups is 2. The van der Waals surface area contributed by atoms with Crippen LogP contribution in [0.3, 0.4) is 0 Å². The molecule has 1 aromatic rings. The van der Waals surface area contributed by atoms with Crippen molar-refractivity contribution in [2.45, 2.75) is 26.2 Å². The van der Waals surface area contributed by atoms with Crippen molar-refractivity contribution in [2.75, 3.05) is 26.2 Å². The number of hydrogen-bond donors (Lipinski definition) is 2. The summed E-state index contributed by atoms with van der Waals surface area (Å²) in [7, 11) is 0. The van der Waals surface area contributed by atoms with Crippen LogP contribution in [0.15, 0.2) is 36.4 Å². The maximum atomic E-state index is 12.2. The number of amides is 2. The highest BCUT2D eigenvalue weighted by molar-refractivity contribution is 5.92. The third-order valence-corrected chi connectivity index (χ3v) is 4.64. The van der Waals surface area contributed by atoms with Crippen molar-refractivity contribution in [3.63, 3.8) is 0 Å². The van der Waals surface area contributed by atoms with Gasteiger partial charge in [-0.2, -0.15) is 0 Å². The zero-order valence-electron chi connectivity index (χ0n) is 14.9. The second kappa shape index (κ2) is 9.99. The Bertz CT molecular complexity index is 578. The highest BCUT2D eigenvalue weighted by Gasteiger charge is 2.26. The first-order chi connectivity index (χ1) is 12.1. The smallest absolute Gasteiger partial charge is 0.246 e. The molecular formula is C20H28N2O3. The van der Waals surface area contributed by atoms with E-state index in [1.54, 1.807) is 11.0 Å². The fourth-order valence-corrected chi connectivity index (χ4v) is 2.94. The number of piperidine rings is 1. The molecule has 0 radical (unpaired) electrons. The molecule has 136 valence electrons. The van der Waals surface area contributed by atoms with E-state index in [9.17, 15) is 9.59 Å². The van der Waals surface area contributed by atoms with Crippen LogP contribution in [0, 0.1) is 11.8 Å². The van der Waals surface area contributed by atoms with Crippen molar-refractivity contribution < 1.29 is 14.7 Å². The summed E-state index contributed by atoms with van der Waals surface area (Å²) < 4.78 is 0. The summed E-state index contributed by atoms with van der Waals surface area (Å²) >= 11 is 0. The first-order valence-electron chi connectivity index (χ1n) is 9.00. The number of aliphatic hydroxyl groups is 1. The molecule has 1 atom stereocenters. The van der Waals surface area contributed by atoms with E-state index in [0.29, 0.717) is 38.9 Å². The summed E-state index contributed by atoms with van der Waals surface area (Å²) in [5.41, 5.74) is 1.00. The van der Waals surface area contributed by atoms with Gasteiger partial charge in [0, 0.05) is 38.2 Å². The van der Waals surface area contributed by atoms with Gasteiger partial charge in [0.15, 0.2) is 0 Å². The Labute approximate surface area is 149 Å². The summed E-state index contributed by atoms with van der Waals surface area (Å²) in [6.45, 7) is 3.98. The molecular weight excluding hydrogens is 316 g/mol. The van der Waals surface area contributed by atoms with E-state index in [2.05, 4.69) is 5.32 Å². The highest BCUT2D eigenvalue weighted by Crippen LogP contribution is 2.18. The monoisotopic (exact) mass is 344 g/mol. The molecule has 1 aliphatic heterocycles. The fraction of sp³-hybridized carbons (Fsp3) is 0.500. The van der Waals surface area contributed by atoms with Crippen LogP contribution in [0.2, 0.25) is 0 Å². The van der Waals surface area contributed by atoms with E-state index in [4.69, 9.17) is 5.11 Å². The molecule has 1 saturated heterocycles. The Hall–Kier alpha value is -2.14. The lowest BCUT2D eigenvalue weighted by molar-refractivity contribution is -0.132. The average Bonchev–Trinajstić information content (AvgIpc) is 2.65. The van der Waals surface area contributed by atoms with Gasteiger partial charge >= 0.3 is 0 Å². The van der Waals surface area contributed by atoms with Crippen LogP contribution in [-0.2, 0) is 9.59 Å². The van der Waals surface area contributed by atoms with E-state index < -0.39 is 0 Å². The number of benzene rings is 1. The first kappa shape index (κ1) is 19.2. The van der Waals surface area contributed by atoms with Gasteiger partial charge in [-0.05, 0) is 36.8 Å². The molecule has 0 saturated carbocycles. The van der Waals surface area contributed by atoms with Crippen molar-refractivity contribution in [1.82, 2.24) is 10.2 Å². The molecule has 1 aliphatic rings. The largest absolute Gasteiger partial charge is 0.396 e. The summed E-state index contributed by atoms with van der Waals surface area (Å²) in [4.78, 5) is 26.3. The van der Waals surface area contributed by atoms with Crippen LogP contribution in [0.1, 0.15) is 31.7 Å². The Balaban J connectivity index is 1.74. The molecule has 1 heterocycles. The molecule has 2 N–H and O–H groups in total. The van der Waals surface area contributed by atoms with Gasteiger partial charge in [-0.25, -0.2) is 0 Å². The zero-order chi connectivity index (χ0) is 18.1. The Kier molecular flexibility index (Phi) is 7.67. The van der Waals surface area contributed by atoms with Crippen LogP contribution in [0.25, 0.3) is 6.08 Å². The molecule has 0 bridgehead atoms. The number of nitrogens with zero attached hydrogens (tertiary/aromatic N) is 1. The van der Waals surface area contributed by atoms with Crippen LogP contribution in [-0.4, -0.2) is 48.1 Å². The molecule has 2 amide bonds. The average molecular weight is 344 g/mol. The molecule has 0 aliphatic carbocycles. The second-order valence-electron chi connectivity index (χ2n) is 6.71. The van der Waals surface area contributed by atoms with Crippen molar-refractivity contribution >= 4 is 17.9 Å². The molecule has 25 heavy (non-hydrogen) atoms. The SMILES string of the molecule is CC(CCO)CNC(=O)C1CCN(C(=O)/C=C/c2ccccc2)CC1. The second-order valence-corrected chi connectivity index (χ2v) is 6.71. The number of carbonyl (C=O) groups excluding carboxylic acids is 2. The topological polar surface area (TPSA) is 69.6 Å². The van der Waals surface area contributed by atoms with Gasteiger partial charge in [-0.15, -0.1) is 0 Å². The Morgan fingerprint density at radius 3 is 2.60 bits per heavy atom.